The predicted molar refractivity (Wildman–Crippen MR) is 159 cm³/mol. The van der Waals surface area contributed by atoms with Crippen LogP contribution in [0, 0.1) is 10.1 Å². The highest BCUT2D eigenvalue weighted by molar-refractivity contribution is 9.10. The summed E-state index contributed by atoms with van der Waals surface area (Å²) in [6.07, 6.45) is 8.03. The second-order valence-corrected chi connectivity index (χ2v) is 11.1. The van der Waals surface area contributed by atoms with Crippen LogP contribution in [0.1, 0.15) is 56.3 Å². The van der Waals surface area contributed by atoms with Crippen molar-refractivity contribution in [3.05, 3.63) is 89.5 Å². The first-order chi connectivity index (χ1) is 19.3. The van der Waals surface area contributed by atoms with Gasteiger partial charge in [-0.3, -0.25) is 14.9 Å². The molecule has 2 aromatic carbocycles. The van der Waals surface area contributed by atoms with Gasteiger partial charge in [-0.15, -0.1) is 0 Å². The molecule has 5 rings (SSSR count). The summed E-state index contributed by atoms with van der Waals surface area (Å²) in [5.41, 5.74) is 0.955. The predicted octanol–water partition coefficient (Wildman–Crippen LogP) is 7.35. The van der Waals surface area contributed by atoms with E-state index in [0.717, 1.165) is 36.4 Å². The van der Waals surface area contributed by atoms with E-state index in [0.29, 0.717) is 44.9 Å². The van der Waals surface area contributed by atoms with Crippen molar-refractivity contribution in [2.45, 2.75) is 44.9 Å². The third-order valence-corrected chi connectivity index (χ3v) is 7.68. The fraction of sp³-hybridized carbons (Fsp3) is 0.286. The highest BCUT2D eigenvalue weighted by atomic mass is 79.9. The van der Waals surface area contributed by atoms with E-state index < -0.39 is 4.92 Å². The number of hydrogen-bond acceptors (Lipinski definition) is 8. The van der Waals surface area contributed by atoms with Gasteiger partial charge in [0, 0.05) is 22.5 Å². The number of rotatable bonds is 8. The lowest BCUT2D eigenvalue weighted by Gasteiger charge is -2.22. The summed E-state index contributed by atoms with van der Waals surface area (Å²) < 4.78 is 14.5. The molecule has 40 heavy (non-hydrogen) atoms. The lowest BCUT2D eigenvalue weighted by Crippen LogP contribution is -2.25. The van der Waals surface area contributed by atoms with Crippen molar-refractivity contribution >= 4 is 54.7 Å². The fourth-order valence-corrected chi connectivity index (χ4v) is 5.60. The molecule has 1 fully saturated rings. The normalized spacial score (nSPS) is 14.1. The quantitative estimate of drug-likeness (QED) is 0.109. The lowest BCUT2D eigenvalue weighted by atomic mass is 9.88. The Balaban J connectivity index is 1.53. The number of hydrogen-bond donors (Lipinski definition) is 0. The van der Waals surface area contributed by atoms with Gasteiger partial charge in [-0.25, -0.2) is 9.97 Å². The van der Waals surface area contributed by atoms with Crippen molar-refractivity contribution in [2.24, 2.45) is 5.10 Å². The van der Waals surface area contributed by atoms with Crippen LogP contribution < -0.4 is 15.0 Å². The molecule has 1 aliphatic carbocycles. The van der Waals surface area contributed by atoms with E-state index >= 15 is 0 Å². The molecule has 1 aliphatic rings. The molecule has 1 saturated carbocycles. The molecule has 2 heterocycles. The summed E-state index contributed by atoms with van der Waals surface area (Å²) >= 11 is 6.99. The number of nitrogens with zero attached hydrogens (tertiary/aromatic N) is 5. The average molecular weight is 671 g/mol. The Morgan fingerprint density at radius 3 is 2.65 bits per heavy atom. The highest BCUT2D eigenvalue weighted by Gasteiger charge is 2.23. The molecule has 2 aromatic heterocycles. The van der Waals surface area contributed by atoms with E-state index in [-0.39, 0.29) is 23.0 Å². The Hall–Kier alpha value is -3.64. The smallest absolute Gasteiger partial charge is 0.287 e. The van der Waals surface area contributed by atoms with Gasteiger partial charge in [0.15, 0.2) is 11.5 Å². The van der Waals surface area contributed by atoms with Crippen molar-refractivity contribution in [1.82, 2.24) is 14.6 Å². The molecule has 0 saturated heterocycles. The van der Waals surface area contributed by atoms with Crippen LogP contribution in [0.5, 0.6) is 17.4 Å². The molecule has 4 aromatic rings. The monoisotopic (exact) mass is 669 g/mol. The second kappa shape index (κ2) is 12.3. The Labute approximate surface area is 246 Å². The van der Waals surface area contributed by atoms with Crippen LogP contribution in [0.2, 0.25) is 0 Å². The van der Waals surface area contributed by atoms with Crippen LogP contribution in [0.4, 0.5) is 5.69 Å². The van der Waals surface area contributed by atoms with Crippen molar-refractivity contribution in [1.29, 1.82) is 0 Å². The number of pyridine rings is 1. The topological polar surface area (TPSA) is 122 Å². The van der Waals surface area contributed by atoms with Gasteiger partial charge in [0.1, 0.15) is 12.0 Å². The SMILES string of the molecule is CCOc1cc(C=Nn2c(C3CCCCC3)nc3ccc(Br)cc3c2=O)cc(Br)c1Oc1ccc([N+](=O)[O-])cn1. The third kappa shape index (κ3) is 6.07. The Kier molecular flexibility index (Phi) is 8.55. The van der Waals surface area contributed by atoms with Crippen LogP contribution in [0.3, 0.4) is 0 Å². The van der Waals surface area contributed by atoms with E-state index in [2.05, 4.69) is 41.9 Å². The number of benzene rings is 2. The minimum absolute atomic E-state index is 0.138. The van der Waals surface area contributed by atoms with E-state index in [4.69, 9.17) is 14.5 Å². The maximum Gasteiger partial charge on any atom is 0.287 e. The summed E-state index contributed by atoms with van der Waals surface area (Å²) in [5.74, 6) is 1.77. The summed E-state index contributed by atoms with van der Waals surface area (Å²) in [5, 5.41) is 16.0. The van der Waals surface area contributed by atoms with Crippen LogP contribution in [0.15, 0.2) is 67.5 Å². The molecule has 0 aliphatic heterocycles. The minimum Gasteiger partial charge on any atom is -0.490 e. The zero-order valence-electron chi connectivity index (χ0n) is 21.5. The number of fused-ring (bicyclic) bond motifs is 1. The molecule has 0 atom stereocenters. The van der Waals surface area contributed by atoms with Gasteiger partial charge in [0.25, 0.3) is 11.2 Å². The zero-order chi connectivity index (χ0) is 28.2. The molecule has 0 N–H and O–H groups in total. The third-order valence-electron chi connectivity index (χ3n) is 6.60. The molecular weight excluding hydrogens is 646 g/mol. The van der Waals surface area contributed by atoms with Crippen molar-refractivity contribution in [3.8, 4) is 17.4 Å². The van der Waals surface area contributed by atoms with E-state index in [9.17, 15) is 14.9 Å². The van der Waals surface area contributed by atoms with Gasteiger partial charge in [-0.2, -0.15) is 9.78 Å². The van der Waals surface area contributed by atoms with E-state index in [1.165, 1.54) is 23.2 Å². The molecule has 0 amide bonds. The van der Waals surface area contributed by atoms with Crippen molar-refractivity contribution < 1.29 is 14.4 Å². The Morgan fingerprint density at radius 2 is 1.95 bits per heavy atom. The summed E-state index contributed by atoms with van der Waals surface area (Å²) in [6.45, 7) is 2.21. The van der Waals surface area contributed by atoms with Gasteiger partial charge in [-0.1, -0.05) is 35.2 Å². The Morgan fingerprint density at radius 1 is 1.15 bits per heavy atom. The van der Waals surface area contributed by atoms with E-state index in [1.54, 1.807) is 24.4 Å². The first-order valence-electron chi connectivity index (χ1n) is 12.8. The van der Waals surface area contributed by atoms with Crippen molar-refractivity contribution in [2.75, 3.05) is 6.61 Å². The van der Waals surface area contributed by atoms with E-state index in [1.807, 2.05) is 19.1 Å². The molecule has 0 radical (unpaired) electrons. The maximum atomic E-state index is 13.6. The van der Waals surface area contributed by atoms with Crippen LogP contribution in [-0.2, 0) is 0 Å². The molecule has 0 spiro atoms. The average Bonchev–Trinajstić information content (AvgIpc) is 2.95. The van der Waals surface area contributed by atoms with Crippen molar-refractivity contribution in [3.63, 3.8) is 0 Å². The molecular formula is C28H25Br2N5O5. The molecule has 10 nitrogen and oxygen atoms in total. The first kappa shape index (κ1) is 27.9. The summed E-state index contributed by atoms with van der Waals surface area (Å²) in [7, 11) is 0. The maximum absolute atomic E-state index is 13.6. The summed E-state index contributed by atoms with van der Waals surface area (Å²) in [4.78, 5) is 32.9. The van der Waals surface area contributed by atoms with Gasteiger partial charge in [0.2, 0.25) is 5.88 Å². The fourth-order valence-electron chi connectivity index (χ4n) is 4.70. The molecule has 12 heteroatoms. The summed E-state index contributed by atoms with van der Waals surface area (Å²) in [6, 6.07) is 11.8. The molecule has 0 unspecified atom stereocenters. The molecule has 0 bridgehead atoms. The largest absolute Gasteiger partial charge is 0.490 e. The van der Waals surface area contributed by atoms with Gasteiger partial charge >= 0.3 is 0 Å². The lowest BCUT2D eigenvalue weighted by molar-refractivity contribution is -0.385. The zero-order valence-corrected chi connectivity index (χ0v) is 24.7. The Bertz CT molecular complexity index is 1650. The molecule has 206 valence electrons. The number of nitro groups is 1. The standard InChI is InChI=1S/C28H25Br2N5O5/c1-2-39-24-13-17(12-22(30)26(24)40-25-11-9-20(16-31-25)35(37)38)15-32-34-27(18-6-4-3-5-7-18)33-23-10-8-19(29)14-21(23)28(34)36/h8-16,18H,2-7H2,1H3. The second-order valence-electron chi connectivity index (χ2n) is 9.30. The van der Waals surface area contributed by atoms with Crippen LogP contribution in [-0.4, -0.2) is 32.4 Å². The van der Waals surface area contributed by atoms with Gasteiger partial charge in [0.05, 0.1) is 33.1 Å². The minimum atomic E-state index is -0.526. The van der Waals surface area contributed by atoms with Gasteiger partial charge < -0.3 is 9.47 Å². The number of aromatic nitrogens is 3. The highest BCUT2D eigenvalue weighted by Crippen LogP contribution is 2.39. The van der Waals surface area contributed by atoms with Crippen LogP contribution in [0.25, 0.3) is 10.9 Å². The van der Waals surface area contributed by atoms with Crippen LogP contribution >= 0.6 is 31.9 Å². The van der Waals surface area contributed by atoms with Gasteiger partial charge in [-0.05, 0) is 71.6 Å². The number of ether oxygens (including phenoxy) is 2. The number of halogens is 2. The first-order valence-corrected chi connectivity index (χ1v) is 14.4.